The van der Waals surface area contributed by atoms with Crippen LogP contribution in [0.25, 0.3) is 22.3 Å². The van der Waals surface area contributed by atoms with Gasteiger partial charge in [0.1, 0.15) is 17.0 Å². The predicted molar refractivity (Wildman–Crippen MR) is 107 cm³/mol. The zero-order valence-corrected chi connectivity index (χ0v) is 16.8. The van der Waals surface area contributed by atoms with Gasteiger partial charge in [0, 0.05) is 18.2 Å². The fraction of sp³-hybridized carbons (Fsp3) is 0.476. The van der Waals surface area contributed by atoms with Gasteiger partial charge in [0.15, 0.2) is 11.6 Å². The van der Waals surface area contributed by atoms with E-state index in [1.54, 1.807) is 0 Å². The van der Waals surface area contributed by atoms with E-state index in [9.17, 15) is 13.9 Å². The van der Waals surface area contributed by atoms with Crippen LogP contribution < -0.4 is 5.32 Å². The highest BCUT2D eigenvalue weighted by Gasteiger charge is 2.29. The van der Waals surface area contributed by atoms with Crippen LogP contribution in [0.3, 0.4) is 0 Å². The van der Waals surface area contributed by atoms with Crippen molar-refractivity contribution >= 4 is 17.0 Å². The number of aromatic nitrogens is 4. The molecule has 0 saturated carbocycles. The largest absolute Gasteiger partial charge is 0.389 e. The quantitative estimate of drug-likeness (QED) is 0.684. The third kappa shape index (κ3) is 3.04. The van der Waals surface area contributed by atoms with Crippen LogP contribution in [0.15, 0.2) is 12.3 Å². The number of imidazole rings is 1. The molecule has 0 spiro atoms. The summed E-state index contributed by atoms with van der Waals surface area (Å²) in [7, 11) is 0. The molecule has 9 heteroatoms. The molecule has 0 radical (unpaired) electrons. The van der Waals surface area contributed by atoms with E-state index in [1.807, 2.05) is 11.5 Å². The van der Waals surface area contributed by atoms with Crippen LogP contribution in [0.5, 0.6) is 0 Å². The molecule has 1 saturated heterocycles. The van der Waals surface area contributed by atoms with Gasteiger partial charge < -0.3 is 19.7 Å². The third-order valence-electron chi connectivity index (χ3n) is 6.09. The molecule has 1 aromatic carbocycles. The van der Waals surface area contributed by atoms with Gasteiger partial charge in [-0.05, 0) is 44.7 Å². The van der Waals surface area contributed by atoms with Gasteiger partial charge in [0.2, 0.25) is 5.95 Å². The standard InChI is InChI=1S/C21H23F2N5O2/c1-10-3-4-12-13(7-14(22)19-20(12)28(10)11(2)25-19)18-15(23)8-24-21(27-18)26-16-5-6-30-9-17(16)29/h7-8,10,16-17,29H,3-6,9H2,1-2H3,(H,24,26,27)/t10-,16+,17+/m0/s1. The molecule has 2 aliphatic heterocycles. The molecule has 0 amide bonds. The Hall–Kier alpha value is -2.65. The van der Waals surface area contributed by atoms with E-state index >= 15 is 0 Å². The molecule has 30 heavy (non-hydrogen) atoms. The summed E-state index contributed by atoms with van der Waals surface area (Å²) in [5.41, 5.74) is 2.35. The second-order valence-electron chi connectivity index (χ2n) is 8.07. The van der Waals surface area contributed by atoms with Gasteiger partial charge in [-0.1, -0.05) is 0 Å². The Morgan fingerprint density at radius 2 is 2.07 bits per heavy atom. The summed E-state index contributed by atoms with van der Waals surface area (Å²) in [6, 6.07) is 1.22. The molecule has 1 fully saturated rings. The molecule has 158 valence electrons. The normalized spacial score (nSPS) is 23.7. The van der Waals surface area contributed by atoms with E-state index < -0.39 is 17.7 Å². The van der Waals surface area contributed by atoms with E-state index in [2.05, 4.69) is 27.2 Å². The van der Waals surface area contributed by atoms with E-state index in [0.717, 1.165) is 24.0 Å². The predicted octanol–water partition coefficient (Wildman–Crippen LogP) is 3.15. The number of ether oxygens (including phenoxy) is 1. The molecular formula is C21H23F2N5O2. The number of aliphatic hydroxyl groups is 1. The van der Waals surface area contributed by atoms with Gasteiger partial charge in [0.05, 0.1) is 30.5 Å². The summed E-state index contributed by atoms with van der Waals surface area (Å²) in [6.45, 7) is 4.67. The Morgan fingerprint density at radius 1 is 1.23 bits per heavy atom. The first-order valence-corrected chi connectivity index (χ1v) is 10.2. The summed E-state index contributed by atoms with van der Waals surface area (Å²) in [4.78, 5) is 12.8. The molecule has 0 bridgehead atoms. The highest BCUT2D eigenvalue weighted by Crippen LogP contribution is 2.39. The number of aliphatic hydroxyl groups excluding tert-OH is 1. The highest BCUT2D eigenvalue weighted by atomic mass is 19.1. The molecule has 3 atom stereocenters. The van der Waals surface area contributed by atoms with E-state index in [0.29, 0.717) is 36.0 Å². The summed E-state index contributed by atoms with van der Waals surface area (Å²) in [5, 5.41) is 13.2. The summed E-state index contributed by atoms with van der Waals surface area (Å²) >= 11 is 0. The summed E-state index contributed by atoms with van der Waals surface area (Å²) in [5.74, 6) is -0.177. The molecule has 5 rings (SSSR count). The van der Waals surface area contributed by atoms with E-state index in [-0.39, 0.29) is 30.3 Å². The average molecular weight is 415 g/mol. The Kier molecular flexibility index (Phi) is 4.67. The molecule has 3 aromatic rings. The minimum atomic E-state index is -0.704. The van der Waals surface area contributed by atoms with Gasteiger partial charge in [-0.25, -0.2) is 23.7 Å². The number of rotatable bonds is 3. The van der Waals surface area contributed by atoms with E-state index in [1.165, 1.54) is 6.07 Å². The van der Waals surface area contributed by atoms with Crippen molar-refractivity contribution in [2.75, 3.05) is 18.5 Å². The number of anilines is 1. The minimum absolute atomic E-state index is 0.0461. The lowest BCUT2D eigenvalue weighted by atomic mass is 9.93. The molecule has 2 N–H and O–H groups in total. The number of halogens is 2. The lowest BCUT2D eigenvalue weighted by Gasteiger charge is -2.28. The number of aryl methyl sites for hydroxylation is 2. The van der Waals surface area contributed by atoms with Crippen molar-refractivity contribution in [3.8, 4) is 11.3 Å². The first-order chi connectivity index (χ1) is 14.4. The zero-order valence-electron chi connectivity index (χ0n) is 16.8. The van der Waals surface area contributed by atoms with Crippen molar-refractivity contribution in [1.29, 1.82) is 0 Å². The first kappa shape index (κ1) is 19.3. The van der Waals surface area contributed by atoms with Gasteiger partial charge in [-0.2, -0.15) is 0 Å². The first-order valence-electron chi connectivity index (χ1n) is 10.2. The molecule has 4 heterocycles. The summed E-state index contributed by atoms with van der Waals surface area (Å²) < 4.78 is 37.0. The molecule has 2 aliphatic rings. The molecule has 0 aliphatic carbocycles. The second-order valence-corrected chi connectivity index (χ2v) is 8.07. The van der Waals surface area contributed by atoms with Crippen LogP contribution in [-0.2, 0) is 11.2 Å². The molecule has 0 unspecified atom stereocenters. The number of hydrogen-bond donors (Lipinski definition) is 2. The van der Waals surface area contributed by atoms with Crippen LogP contribution >= 0.6 is 0 Å². The van der Waals surface area contributed by atoms with Gasteiger partial charge in [0.25, 0.3) is 0 Å². The third-order valence-corrected chi connectivity index (χ3v) is 6.09. The molecule has 2 aromatic heterocycles. The van der Waals surface area contributed by atoms with Crippen molar-refractivity contribution in [3.05, 3.63) is 35.3 Å². The van der Waals surface area contributed by atoms with Crippen molar-refractivity contribution < 1.29 is 18.6 Å². The molecular weight excluding hydrogens is 392 g/mol. The Bertz CT molecular complexity index is 1130. The van der Waals surface area contributed by atoms with Crippen LogP contribution in [0.2, 0.25) is 0 Å². The maximum absolute atomic E-state index is 14.9. The molecule has 7 nitrogen and oxygen atoms in total. The van der Waals surface area contributed by atoms with Crippen LogP contribution in [0.1, 0.15) is 37.2 Å². The summed E-state index contributed by atoms with van der Waals surface area (Å²) in [6.07, 6.45) is 2.50. The Balaban J connectivity index is 1.62. The zero-order chi connectivity index (χ0) is 21.0. The van der Waals surface area contributed by atoms with Crippen LogP contribution in [-0.4, -0.2) is 50.0 Å². The second kappa shape index (κ2) is 7.24. The highest BCUT2D eigenvalue weighted by molar-refractivity contribution is 5.88. The maximum Gasteiger partial charge on any atom is 0.223 e. The fourth-order valence-electron chi connectivity index (χ4n) is 4.58. The number of nitrogens with one attached hydrogen (secondary N) is 1. The minimum Gasteiger partial charge on any atom is -0.389 e. The Morgan fingerprint density at radius 3 is 2.87 bits per heavy atom. The lowest BCUT2D eigenvalue weighted by Crippen LogP contribution is -2.42. The van der Waals surface area contributed by atoms with Crippen molar-refractivity contribution in [1.82, 2.24) is 19.5 Å². The topological polar surface area (TPSA) is 85.1 Å². The van der Waals surface area contributed by atoms with Crippen molar-refractivity contribution in [3.63, 3.8) is 0 Å². The van der Waals surface area contributed by atoms with Gasteiger partial charge in [-0.15, -0.1) is 0 Å². The Labute approximate surface area is 172 Å². The van der Waals surface area contributed by atoms with Crippen molar-refractivity contribution in [2.45, 2.75) is 51.3 Å². The maximum atomic E-state index is 14.9. The monoisotopic (exact) mass is 415 g/mol. The van der Waals surface area contributed by atoms with Crippen molar-refractivity contribution in [2.24, 2.45) is 0 Å². The smallest absolute Gasteiger partial charge is 0.223 e. The lowest BCUT2D eigenvalue weighted by molar-refractivity contribution is -0.0136. The van der Waals surface area contributed by atoms with Crippen LogP contribution in [0.4, 0.5) is 14.7 Å². The average Bonchev–Trinajstić information content (AvgIpc) is 3.08. The number of nitrogens with zero attached hydrogens (tertiary/aromatic N) is 4. The van der Waals surface area contributed by atoms with Gasteiger partial charge in [-0.3, -0.25) is 0 Å². The number of hydrogen-bond acceptors (Lipinski definition) is 6. The fourth-order valence-corrected chi connectivity index (χ4v) is 4.58. The SMILES string of the molecule is Cc1nc2c(F)cc(-c3nc(N[C@@H]4CCOC[C@H]4O)ncc3F)c3c2n1[C@@H](C)CC3. The number of benzene rings is 1. The van der Waals surface area contributed by atoms with Gasteiger partial charge >= 0.3 is 0 Å². The van der Waals surface area contributed by atoms with E-state index in [4.69, 9.17) is 4.74 Å². The van der Waals surface area contributed by atoms with Crippen LogP contribution in [0, 0.1) is 18.6 Å².